The molecule has 5 heteroatoms. The van der Waals surface area contributed by atoms with Gasteiger partial charge in [-0.3, -0.25) is 0 Å². The SMILES string of the molecule is CN(C)CCOc1cccc(N=[N+]=[N-])c1. The van der Waals surface area contributed by atoms with Crippen molar-refractivity contribution in [2.75, 3.05) is 27.2 Å². The smallest absolute Gasteiger partial charge is 0.119 e. The second-order valence-electron chi connectivity index (χ2n) is 3.34. The Kier molecular flexibility index (Phi) is 4.47. The maximum atomic E-state index is 8.27. The lowest BCUT2D eigenvalue weighted by Gasteiger charge is -2.10. The monoisotopic (exact) mass is 206 g/mol. The molecule has 0 N–H and O–H groups in total. The highest BCUT2D eigenvalue weighted by atomic mass is 16.5. The third-order valence-electron chi connectivity index (χ3n) is 1.79. The molecule has 0 aliphatic carbocycles. The van der Waals surface area contributed by atoms with E-state index in [-0.39, 0.29) is 0 Å². The van der Waals surface area contributed by atoms with Gasteiger partial charge in [0.2, 0.25) is 0 Å². The fraction of sp³-hybridized carbons (Fsp3) is 0.400. The lowest BCUT2D eigenvalue weighted by molar-refractivity contribution is 0.261. The number of benzene rings is 1. The molecular formula is C10H14N4O. The molecule has 1 aromatic rings. The zero-order chi connectivity index (χ0) is 11.1. The van der Waals surface area contributed by atoms with Gasteiger partial charge in [0.15, 0.2) is 0 Å². The lowest BCUT2D eigenvalue weighted by atomic mass is 10.3. The van der Waals surface area contributed by atoms with E-state index in [0.29, 0.717) is 12.3 Å². The van der Waals surface area contributed by atoms with Crippen LogP contribution in [0.3, 0.4) is 0 Å². The molecule has 1 rings (SSSR count). The number of hydrogen-bond donors (Lipinski definition) is 0. The van der Waals surface area contributed by atoms with Crippen LogP contribution in [0.15, 0.2) is 29.4 Å². The fourth-order valence-corrected chi connectivity index (χ4v) is 1.03. The van der Waals surface area contributed by atoms with E-state index in [1.54, 1.807) is 18.2 Å². The Hall–Kier alpha value is -1.71. The highest BCUT2D eigenvalue weighted by Gasteiger charge is 1.95. The molecule has 0 aliphatic rings. The number of hydrogen-bond acceptors (Lipinski definition) is 3. The van der Waals surface area contributed by atoms with E-state index in [9.17, 15) is 0 Å². The molecule has 15 heavy (non-hydrogen) atoms. The number of nitrogens with zero attached hydrogens (tertiary/aromatic N) is 4. The van der Waals surface area contributed by atoms with Crippen molar-refractivity contribution < 1.29 is 4.74 Å². The Morgan fingerprint density at radius 1 is 1.47 bits per heavy atom. The van der Waals surface area contributed by atoms with Gasteiger partial charge in [-0.05, 0) is 31.8 Å². The van der Waals surface area contributed by atoms with E-state index >= 15 is 0 Å². The van der Waals surface area contributed by atoms with Gasteiger partial charge in [-0.1, -0.05) is 17.2 Å². The second-order valence-corrected chi connectivity index (χ2v) is 3.34. The summed E-state index contributed by atoms with van der Waals surface area (Å²) in [7, 11) is 3.97. The van der Waals surface area contributed by atoms with Crippen molar-refractivity contribution in [3.63, 3.8) is 0 Å². The first-order valence-corrected chi connectivity index (χ1v) is 4.65. The van der Waals surface area contributed by atoms with E-state index < -0.39 is 0 Å². The summed E-state index contributed by atoms with van der Waals surface area (Å²) in [5.74, 6) is 0.724. The predicted molar refractivity (Wildman–Crippen MR) is 59.3 cm³/mol. The van der Waals surface area contributed by atoms with Crippen molar-refractivity contribution in [2.24, 2.45) is 5.11 Å². The van der Waals surface area contributed by atoms with Crippen LogP contribution < -0.4 is 4.74 Å². The summed E-state index contributed by atoms with van der Waals surface area (Å²) in [5, 5.41) is 3.50. The lowest BCUT2D eigenvalue weighted by Crippen LogP contribution is -2.19. The summed E-state index contributed by atoms with van der Waals surface area (Å²) in [5.41, 5.74) is 8.84. The predicted octanol–water partition coefficient (Wildman–Crippen LogP) is 2.57. The first-order valence-electron chi connectivity index (χ1n) is 4.65. The van der Waals surface area contributed by atoms with Crippen LogP contribution in [0.25, 0.3) is 10.4 Å². The van der Waals surface area contributed by atoms with Crippen LogP contribution in [-0.4, -0.2) is 32.1 Å². The van der Waals surface area contributed by atoms with Crippen molar-refractivity contribution in [1.29, 1.82) is 0 Å². The molecule has 0 atom stereocenters. The highest BCUT2D eigenvalue weighted by Crippen LogP contribution is 2.19. The average Bonchev–Trinajstić information content (AvgIpc) is 2.18. The normalized spacial score (nSPS) is 9.80. The number of azide groups is 1. The van der Waals surface area contributed by atoms with E-state index in [1.165, 1.54) is 0 Å². The number of rotatable bonds is 5. The topological polar surface area (TPSA) is 61.2 Å². The van der Waals surface area contributed by atoms with E-state index in [2.05, 4.69) is 10.0 Å². The van der Waals surface area contributed by atoms with Crippen LogP contribution in [0.2, 0.25) is 0 Å². The molecule has 0 radical (unpaired) electrons. The van der Waals surface area contributed by atoms with Crippen LogP contribution in [0.1, 0.15) is 0 Å². The van der Waals surface area contributed by atoms with Crippen molar-refractivity contribution >= 4 is 5.69 Å². The maximum absolute atomic E-state index is 8.27. The van der Waals surface area contributed by atoms with Gasteiger partial charge in [0.1, 0.15) is 12.4 Å². The van der Waals surface area contributed by atoms with Gasteiger partial charge in [-0.2, -0.15) is 0 Å². The molecule has 0 heterocycles. The van der Waals surface area contributed by atoms with Gasteiger partial charge in [0, 0.05) is 17.1 Å². The van der Waals surface area contributed by atoms with Crippen LogP contribution in [0, 0.1) is 0 Å². The molecule has 0 unspecified atom stereocenters. The highest BCUT2D eigenvalue weighted by molar-refractivity contribution is 5.42. The first-order chi connectivity index (χ1) is 7.22. The van der Waals surface area contributed by atoms with Crippen molar-refractivity contribution in [2.45, 2.75) is 0 Å². The van der Waals surface area contributed by atoms with Crippen LogP contribution in [0.5, 0.6) is 5.75 Å². The number of likely N-dealkylation sites (N-methyl/N-ethyl adjacent to an activating group) is 1. The van der Waals surface area contributed by atoms with Gasteiger partial charge < -0.3 is 9.64 Å². The Balaban J connectivity index is 2.54. The van der Waals surface area contributed by atoms with Gasteiger partial charge in [-0.25, -0.2) is 0 Å². The molecule has 5 nitrogen and oxygen atoms in total. The molecule has 80 valence electrons. The minimum absolute atomic E-state index is 0.569. The van der Waals surface area contributed by atoms with E-state index in [1.807, 2.05) is 25.1 Å². The van der Waals surface area contributed by atoms with Crippen LogP contribution in [0.4, 0.5) is 5.69 Å². The molecule has 0 spiro atoms. The number of ether oxygens (including phenoxy) is 1. The Labute approximate surface area is 88.9 Å². The van der Waals surface area contributed by atoms with Crippen molar-refractivity contribution in [3.05, 3.63) is 34.7 Å². The minimum atomic E-state index is 0.569. The summed E-state index contributed by atoms with van der Waals surface area (Å²) in [6.45, 7) is 1.47. The van der Waals surface area contributed by atoms with Gasteiger partial charge in [0.05, 0.1) is 0 Å². The molecule has 0 saturated carbocycles. The first kappa shape index (κ1) is 11.4. The van der Waals surface area contributed by atoms with Gasteiger partial charge in [-0.15, -0.1) is 0 Å². The third kappa shape index (κ3) is 4.35. The van der Waals surface area contributed by atoms with Crippen molar-refractivity contribution in [3.8, 4) is 5.75 Å². The molecule has 1 aromatic carbocycles. The summed E-state index contributed by atoms with van der Waals surface area (Å²) in [6.07, 6.45) is 0. The minimum Gasteiger partial charge on any atom is -0.492 e. The van der Waals surface area contributed by atoms with E-state index in [0.717, 1.165) is 12.3 Å². The molecule has 0 aliphatic heterocycles. The van der Waals surface area contributed by atoms with E-state index in [4.69, 9.17) is 10.3 Å². The maximum Gasteiger partial charge on any atom is 0.119 e. The van der Waals surface area contributed by atoms with Crippen LogP contribution in [-0.2, 0) is 0 Å². The molecule has 0 bridgehead atoms. The molecule has 0 fully saturated rings. The van der Waals surface area contributed by atoms with Crippen LogP contribution >= 0.6 is 0 Å². The Morgan fingerprint density at radius 3 is 2.93 bits per heavy atom. The molecule has 0 saturated heterocycles. The quantitative estimate of drug-likeness (QED) is 0.422. The zero-order valence-corrected chi connectivity index (χ0v) is 8.92. The summed E-state index contributed by atoms with van der Waals surface area (Å²) < 4.78 is 5.48. The van der Waals surface area contributed by atoms with Crippen molar-refractivity contribution in [1.82, 2.24) is 4.90 Å². The fourth-order valence-electron chi connectivity index (χ4n) is 1.03. The Bertz CT molecular complexity index is 358. The summed E-state index contributed by atoms with van der Waals surface area (Å²) in [4.78, 5) is 4.76. The standard InChI is InChI=1S/C10H14N4O/c1-14(2)6-7-15-10-5-3-4-9(8-10)12-13-11/h3-5,8H,6-7H2,1-2H3. The van der Waals surface area contributed by atoms with Gasteiger partial charge >= 0.3 is 0 Å². The zero-order valence-electron chi connectivity index (χ0n) is 8.92. The second kappa shape index (κ2) is 5.90. The summed E-state index contributed by atoms with van der Waals surface area (Å²) >= 11 is 0. The molecular weight excluding hydrogens is 192 g/mol. The summed E-state index contributed by atoms with van der Waals surface area (Å²) in [6, 6.07) is 7.09. The van der Waals surface area contributed by atoms with Gasteiger partial charge in [0.25, 0.3) is 0 Å². The third-order valence-corrected chi connectivity index (χ3v) is 1.79. The largest absolute Gasteiger partial charge is 0.492 e. The molecule has 0 aromatic heterocycles. The molecule has 0 amide bonds. The average molecular weight is 206 g/mol. The Morgan fingerprint density at radius 2 is 2.27 bits per heavy atom.